The number of hydrogen-bond acceptors (Lipinski definition) is 3. The van der Waals surface area contributed by atoms with Crippen molar-refractivity contribution in [1.82, 2.24) is 29.3 Å². The van der Waals surface area contributed by atoms with Crippen molar-refractivity contribution in [2.45, 2.75) is 132 Å². The molecule has 12 aliphatic carbocycles. The zero-order valence-corrected chi connectivity index (χ0v) is 31.6. The normalized spacial score (nSPS) is 43.1. The van der Waals surface area contributed by atoms with E-state index in [1.54, 1.807) is 0 Å². The Bertz CT molecular complexity index is 1480. The molecule has 15 rings (SSSR count). The van der Waals surface area contributed by atoms with Crippen molar-refractivity contribution in [3.8, 4) is 0 Å². The molecule has 1 radical (unpaired) electrons. The van der Waals surface area contributed by atoms with E-state index in [1.165, 1.54) is 145 Å². The minimum absolute atomic E-state index is 0. The van der Waals surface area contributed by atoms with Gasteiger partial charge in [0.05, 0.1) is 17.1 Å². The van der Waals surface area contributed by atoms with Gasteiger partial charge in [0, 0.05) is 16.2 Å². The average molecular weight is 724 g/mol. The van der Waals surface area contributed by atoms with Crippen molar-refractivity contribution in [2.24, 2.45) is 53.3 Å². The first-order valence-corrected chi connectivity index (χ1v) is 20.6. The van der Waals surface area contributed by atoms with Crippen LogP contribution in [-0.2, 0) is 33.3 Å². The van der Waals surface area contributed by atoms with Crippen molar-refractivity contribution in [2.75, 3.05) is 0 Å². The molecular weight excluding hydrogens is 667 g/mol. The van der Waals surface area contributed by atoms with E-state index in [-0.39, 0.29) is 33.3 Å². The van der Waals surface area contributed by atoms with Crippen molar-refractivity contribution in [1.29, 1.82) is 0 Å². The summed E-state index contributed by atoms with van der Waals surface area (Å²) >= 11 is 0. The van der Waals surface area contributed by atoms with Gasteiger partial charge in [0.25, 0.3) is 0 Å². The van der Waals surface area contributed by atoms with Crippen molar-refractivity contribution < 1.29 is 17.1 Å². The Morgan fingerprint density at radius 2 is 0.725 bits per heavy atom. The van der Waals surface area contributed by atoms with Crippen LogP contribution in [0, 0.1) is 66.1 Å². The molecular formula is C44H56MnN6. The Morgan fingerprint density at radius 1 is 0.510 bits per heavy atom. The molecule has 3 heterocycles. The summed E-state index contributed by atoms with van der Waals surface area (Å²) in [5, 5.41) is 16.5. The van der Waals surface area contributed by atoms with Gasteiger partial charge in [-0.1, -0.05) is 18.2 Å². The molecule has 12 bridgehead atoms. The average Bonchev–Trinajstić information content (AvgIpc) is 3.87. The third-order valence-electron chi connectivity index (χ3n) is 16.3. The summed E-state index contributed by atoms with van der Waals surface area (Å²) in [6.45, 7) is 8.08. The molecule has 6 nitrogen and oxygen atoms in total. The van der Waals surface area contributed by atoms with Crippen LogP contribution in [-0.4, -0.2) is 29.3 Å². The minimum atomic E-state index is 0. The van der Waals surface area contributed by atoms with Gasteiger partial charge < -0.3 is 0 Å². The molecule has 12 aliphatic rings. The molecule has 0 aliphatic heterocycles. The summed E-state index contributed by atoms with van der Waals surface area (Å²) in [7, 11) is 0. The Morgan fingerprint density at radius 3 is 0.922 bits per heavy atom. The molecule has 3 aromatic heterocycles. The summed E-state index contributed by atoms with van der Waals surface area (Å²) in [5.41, 5.74) is 4.87. The molecule has 269 valence electrons. The van der Waals surface area contributed by atoms with Gasteiger partial charge in [0.15, 0.2) is 6.29 Å². The van der Waals surface area contributed by atoms with E-state index in [2.05, 4.69) is 57.4 Å². The predicted molar refractivity (Wildman–Crippen MR) is 195 cm³/mol. The van der Waals surface area contributed by atoms with Crippen LogP contribution in [0.5, 0.6) is 0 Å². The second-order valence-corrected chi connectivity index (χ2v) is 19.8. The van der Waals surface area contributed by atoms with Crippen LogP contribution in [0.15, 0.2) is 55.5 Å². The molecule has 51 heavy (non-hydrogen) atoms. The summed E-state index contributed by atoms with van der Waals surface area (Å²) in [4.78, 5) is 0. The van der Waals surface area contributed by atoms with E-state index in [9.17, 15) is 0 Å². The molecule has 0 unspecified atom stereocenters. The maximum absolute atomic E-state index is 5.51. The fourth-order valence-electron chi connectivity index (χ4n) is 15.7. The first-order chi connectivity index (χ1) is 24.4. The molecule has 3 aromatic rings. The Labute approximate surface area is 315 Å². The fourth-order valence-corrected chi connectivity index (χ4v) is 15.7. The monoisotopic (exact) mass is 723 g/mol. The van der Waals surface area contributed by atoms with Gasteiger partial charge in [0.2, 0.25) is 0 Å². The smallest absolute Gasteiger partial charge is 0.293 e. The van der Waals surface area contributed by atoms with Gasteiger partial charge in [-0.05, 0) is 187 Å². The van der Waals surface area contributed by atoms with Crippen molar-refractivity contribution in [3.63, 3.8) is 0 Å². The van der Waals surface area contributed by atoms with Crippen LogP contribution in [0.4, 0.5) is 0 Å². The molecule has 7 heteroatoms. The third kappa shape index (κ3) is 5.28. The van der Waals surface area contributed by atoms with Crippen LogP contribution < -0.4 is 0 Å². The van der Waals surface area contributed by atoms with E-state index >= 15 is 0 Å². The molecule has 0 N–H and O–H groups in total. The number of rotatable bonds is 7. The summed E-state index contributed by atoms with van der Waals surface area (Å²) in [6.07, 6.45) is 36.0. The van der Waals surface area contributed by atoms with Crippen LogP contribution in [0.1, 0.15) is 133 Å². The molecule has 0 atom stereocenters. The number of aromatic nitrogens is 6. The molecule has 0 aromatic carbocycles. The van der Waals surface area contributed by atoms with Gasteiger partial charge in [-0.3, -0.25) is 20.6 Å². The van der Waals surface area contributed by atoms with Gasteiger partial charge in [-0.25, -0.2) is 12.2 Å². The number of nitrogens with zero attached hydrogens (tertiary/aromatic N) is 6. The van der Waals surface area contributed by atoms with Gasteiger partial charge in [0.1, 0.15) is 0 Å². The zero-order chi connectivity index (χ0) is 33.2. The maximum atomic E-state index is 5.51. The van der Waals surface area contributed by atoms with E-state index in [4.69, 9.17) is 21.9 Å². The van der Waals surface area contributed by atoms with E-state index in [0.717, 1.165) is 59.6 Å². The molecule has 0 spiro atoms. The van der Waals surface area contributed by atoms with E-state index in [1.807, 2.05) is 0 Å². The van der Waals surface area contributed by atoms with E-state index in [0.29, 0.717) is 0 Å². The first kappa shape index (κ1) is 33.1. The molecule has 12 fully saturated rings. The van der Waals surface area contributed by atoms with Gasteiger partial charge >= 0.3 is 17.1 Å². The molecule has 0 saturated heterocycles. The summed E-state index contributed by atoms with van der Waals surface area (Å²) in [5.74, 6) is 8.27. The fraction of sp³-hybridized carbons (Fsp3) is 0.682. The Hall–Kier alpha value is -2.50. The summed E-state index contributed by atoms with van der Waals surface area (Å²) < 4.78 is 6.50. The molecule has 12 saturated carbocycles. The Balaban J connectivity index is 0.000000625. The van der Waals surface area contributed by atoms with Crippen LogP contribution in [0.2, 0.25) is 0 Å². The second-order valence-electron chi connectivity index (χ2n) is 19.8. The van der Waals surface area contributed by atoms with Crippen LogP contribution in [0.25, 0.3) is 0 Å². The van der Waals surface area contributed by atoms with E-state index < -0.39 is 0 Å². The van der Waals surface area contributed by atoms with Crippen molar-refractivity contribution >= 4 is 0 Å². The second kappa shape index (κ2) is 12.0. The standard InChI is InChI=1S/C40H51N6.C4H5.Mn/c1-4-44(41-34(1)38-16-25-7-26(17-38)9-27(8-25)18-38)37(45-5-2-35(42-45)39-19-28-10-29(20-39)12-30(11-28)21-39)46-6-3-36(43-46)40-22-31-13-32(23-40)15-33(14-31)24-40;1-3-4-2;/h1-6,25-33H,7-24H2;1,3-4H,2H2;/q2*-1;+2. The zero-order valence-electron chi connectivity index (χ0n) is 30.4. The Kier molecular flexibility index (Phi) is 7.79. The SMILES string of the molecule is [CH-]=CC=C.[Mn+2].c1cn([C-](n2ccc(C34CC5CC(CC(C5)C3)C4)n2)n2ccc(C34CC5CC(CC(C5)C3)C4)n2)nc1C12CC3CC(CC(C3)C1)C2. The van der Waals surface area contributed by atoms with Gasteiger partial charge in [-0.2, -0.15) is 21.9 Å². The van der Waals surface area contributed by atoms with Crippen molar-refractivity contribution in [3.05, 3.63) is 85.5 Å². The van der Waals surface area contributed by atoms with Gasteiger partial charge in [-0.15, -0.1) is 0 Å². The van der Waals surface area contributed by atoms with Crippen LogP contribution in [0.3, 0.4) is 0 Å². The molecule has 0 amide bonds. The van der Waals surface area contributed by atoms with Crippen LogP contribution >= 0.6 is 0 Å². The number of allylic oxidation sites excluding steroid dienone is 2. The topological polar surface area (TPSA) is 53.5 Å². The maximum Gasteiger partial charge on any atom is 2.00 e. The minimum Gasteiger partial charge on any atom is -0.293 e. The quantitative estimate of drug-likeness (QED) is 0.139. The number of hydrogen-bond donors (Lipinski definition) is 0. The third-order valence-corrected chi connectivity index (χ3v) is 16.3. The largest absolute Gasteiger partial charge is 2.00 e. The summed E-state index contributed by atoms with van der Waals surface area (Å²) in [6, 6.07) is 7.13. The predicted octanol–water partition coefficient (Wildman–Crippen LogP) is 9.23. The first-order valence-electron chi connectivity index (χ1n) is 20.6.